The van der Waals surface area contributed by atoms with Crippen molar-refractivity contribution in [3.8, 4) is 0 Å². The summed E-state index contributed by atoms with van der Waals surface area (Å²) in [5.74, 6) is 2.08. The Bertz CT molecular complexity index is 557. The molecule has 5 heteroatoms. The molecule has 3 rings (SSSR count). The van der Waals surface area contributed by atoms with Crippen molar-refractivity contribution in [3.63, 3.8) is 0 Å². The van der Waals surface area contributed by atoms with Crippen LogP contribution in [0.15, 0.2) is 6.20 Å². The third-order valence-electron chi connectivity index (χ3n) is 4.80. The standard InChI is InChI=1S/C18H27N3O2/c1-3-23-12-16-10-19-13(2)20-18(16)15-5-4-8-21(11-15)17(22)9-14-6-7-14/h10,14-15H,3-9,11-12H2,1-2H3. The van der Waals surface area contributed by atoms with Crippen molar-refractivity contribution in [3.05, 3.63) is 23.3 Å². The molecule has 0 N–H and O–H groups in total. The summed E-state index contributed by atoms with van der Waals surface area (Å²) in [4.78, 5) is 23.5. The third kappa shape index (κ3) is 4.28. The van der Waals surface area contributed by atoms with E-state index in [1.54, 1.807) is 0 Å². The first-order valence-corrected chi connectivity index (χ1v) is 8.85. The highest BCUT2D eigenvalue weighted by molar-refractivity contribution is 5.77. The van der Waals surface area contributed by atoms with Crippen LogP contribution in [0.1, 0.15) is 62.0 Å². The van der Waals surface area contributed by atoms with E-state index in [9.17, 15) is 4.79 Å². The highest BCUT2D eigenvalue weighted by Crippen LogP contribution is 2.34. The molecule has 1 aromatic heterocycles. The summed E-state index contributed by atoms with van der Waals surface area (Å²) in [6.07, 6.45) is 7.22. The minimum atomic E-state index is 0.309. The Balaban J connectivity index is 1.71. The van der Waals surface area contributed by atoms with E-state index in [0.29, 0.717) is 31.0 Å². The summed E-state index contributed by atoms with van der Waals surface area (Å²) in [7, 11) is 0. The van der Waals surface area contributed by atoms with Crippen molar-refractivity contribution < 1.29 is 9.53 Å². The minimum Gasteiger partial charge on any atom is -0.377 e. The molecule has 0 aromatic carbocycles. The third-order valence-corrected chi connectivity index (χ3v) is 4.80. The summed E-state index contributed by atoms with van der Waals surface area (Å²) in [6, 6.07) is 0. The van der Waals surface area contributed by atoms with Crippen molar-refractivity contribution in [2.75, 3.05) is 19.7 Å². The molecular weight excluding hydrogens is 290 g/mol. The van der Waals surface area contributed by atoms with Gasteiger partial charge in [-0.25, -0.2) is 9.97 Å². The summed E-state index contributed by atoms with van der Waals surface area (Å²) in [5.41, 5.74) is 2.15. The molecule has 0 radical (unpaired) electrons. The van der Waals surface area contributed by atoms with Gasteiger partial charge in [0.25, 0.3) is 0 Å². The highest BCUT2D eigenvalue weighted by Gasteiger charge is 2.31. The molecule has 0 spiro atoms. The van der Waals surface area contributed by atoms with E-state index in [1.165, 1.54) is 12.8 Å². The Morgan fingerprint density at radius 3 is 2.96 bits per heavy atom. The number of aromatic nitrogens is 2. The van der Waals surface area contributed by atoms with E-state index >= 15 is 0 Å². The Morgan fingerprint density at radius 2 is 2.22 bits per heavy atom. The average molecular weight is 317 g/mol. The van der Waals surface area contributed by atoms with Gasteiger partial charge in [0.15, 0.2) is 0 Å². The molecule has 1 unspecified atom stereocenters. The number of hydrogen-bond donors (Lipinski definition) is 0. The van der Waals surface area contributed by atoms with Crippen molar-refractivity contribution in [1.82, 2.24) is 14.9 Å². The van der Waals surface area contributed by atoms with Crippen LogP contribution in [0.3, 0.4) is 0 Å². The maximum absolute atomic E-state index is 12.4. The van der Waals surface area contributed by atoms with Crippen LogP contribution in [-0.4, -0.2) is 40.5 Å². The molecule has 1 aromatic rings. The zero-order chi connectivity index (χ0) is 16.2. The van der Waals surface area contributed by atoms with E-state index in [2.05, 4.69) is 9.97 Å². The Kier molecular flexibility index (Phi) is 5.26. The van der Waals surface area contributed by atoms with Crippen LogP contribution in [-0.2, 0) is 16.1 Å². The summed E-state index contributed by atoms with van der Waals surface area (Å²) in [6.45, 7) is 6.84. The number of ether oxygens (including phenoxy) is 1. The van der Waals surface area contributed by atoms with Crippen molar-refractivity contribution in [2.45, 2.75) is 58.5 Å². The second-order valence-corrected chi connectivity index (χ2v) is 6.79. The lowest BCUT2D eigenvalue weighted by molar-refractivity contribution is -0.132. The number of carbonyl (C=O) groups excluding carboxylic acids is 1. The molecule has 5 nitrogen and oxygen atoms in total. The molecular formula is C18H27N3O2. The smallest absolute Gasteiger partial charge is 0.222 e. The van der Waals surface area contributed by atoms with Crippen LogP contribution in [0.25, 0.3) is 0 Å². The molecule has 0 bridgehead atoms. The largest absolute Gasteiger partial charge is 0.377 e. The second kappa shape index (κ2) is 7.39. The number of piperidine rings is 1. The average Bonchev–Trinajstić information content (AvgIpc) is 3.37. The lowest BCUT2D eigenvalue weighted by atomic mass is 9.91. The first-order valence-electron chi connectivity index (χ1n) is 8.85. The number of hydrogen-bond acceptors (Lipinski definition) is 4. The van der Waals surface area contributed by atoms with Crippen LogP contribution in [0.4, 0.5) is 0 Å². The monoisotopic (exact) mass is 317 g/mol. The van der Waals surface area contributed by atoms with E-state index in [1.807, 2.05) is 24.9 Å². The fraction of sp³-hybridized carbons (Fsp3) is 0.722. The normalized spacial score (nSPS) is 21.5. The summed E-state index contributed by atoms with van der Waals surface area (Å²) >= 11 is 0. The molecule has 23 heavy (non-hydrogen) atoms. The van der Waals surface area contributed by atoms with E-state index in [0.717, 1.165) is 49.4 Å². The Morgan fingerprint density at radius 1 is 1.39 bits per heavy atom. The van der Waals surface area contributed by atoms with Gasteiger partial charge in [0.1, 0.15) is 5.82 Å². The SMILES string of the molecule is CCOCc1cnc(C)nc1C1CCCN(C(=O)CC2CC2)C1. The van der Waals surface area contributed by atoms with Crippen molar-refractivity contribution >= 4 is 5.91 Å². The zero-order valence-corrected chi connectivity index (χ0v) is 14.3. The van der Waals surface area contributed by atoms with E-state index in [4.69, 9.17) is 4.74 Å². The first kappa shape index (κ1) is 16.4. The van der Waals surface area contributed by atoms with E-state index in [-0.39, 0.29) is 0 Å². The fourth-order valence-corrected chi connectivity index (χ4v) is 3.31. The van der Waals surface area contributed by atoms with Crippen molar-refractivity contribution in [2.24, 2.45) is 5.92 Å². The van der Waals surface area contributed by atoms with Gasteiger partial charge < -0.3 is 9.64 Å². The first-order chi connectivity index (χ1) is 11.2. The summed E-state index contributed by atoms with van der Waals surface area (Å²) in [5, 5.41) is 0. The molecule has 2 fully saturated rings. The van der Waals surface area contributed by atoms with Gasteiger partial charge in [-0.1, -0.05) is 0 Å². The lowest BCUT2D eigenvalue weighted by Crippen LogP contribution is -2.39. The van der Waals surface area contributed by atoms with E-state index < -0.39 is 0 Å². The van der Waals surface area contributed by atoms with Crippen LogP contribution in [0, 0.1) is 12.8 Å². The number of rotatable bonds is 6. The van der Waals surface area contributed by atoms with Crippen LogP contribution in [0.2, 0.25) is 0 Å². The van der Waals surface area contributed by atoms with Crippen LogP contribution >= 0.6 is 0 Å². The molecule has 1 aliphatic heterocycles. The van der Waals surface area contributed by atoms with Gasteiger partial charge in [0, 0.05) is 43.8 Å². The Hall–Kier alpha value is -1.49. The quantitative estimate of drug-likeness (QED) is 0.809. The molecule has 1 atom stereocenters. The number of amides is 1. The second-order valence-electron chi connectivity index (χ2n) is 6.79. The van der Waals surface area contributed by atoms with Gasteiger partial charge in [-0.3, -0.25) is 4.79 Å². The molecule has 126 valence electrons. The maximum atomic E-state index is 12.4. The van der Waals surface area contributed by atoms with Gasteiger partial charge in [-0.15, -0.1) is 0 Å². The Labute approximate surface area is 138 Å². The van der Waals surface area contributed by atoms with Crippen LogP contribution in [0.5, 0.6) is 0 Å². The van der Waals surface area contributed by atoms with Crippen LogP contribution < -0.4 is 0 Å². The molecule has 1 amide bonds. The number of carbonyl (C=O) groups is 1. The number of aryl methyl sites for hydroxylation is 1. The fourth-order valence-electron chi connectivity index (χ4n) is 3.31. The predicted octanol–water partition coefficient (Wildman–Crippen LogP) is 2.83. The van der Waals surface area contributed by atoms with Gasteiger partial charge in [0.05, 0.1) is 12.3 Å². The van der Waals surface area contributed by atoms with Gasteiger partial charge in [-0.2, -0.15) is 0 Å². The van der Waals surface area contributed by atoms with Gasteiger partial charge in [0.2, 0.25) is 5.91 Å². The highest BCUT2D eigenvalue weighted by atomic mass is 16.5. The zero-order valence-electron chi connectivity index (χ0n) is 14.3. The maximum Gasteiger partial charge on any atom is 0.222 e. The molecule has 1 saturated carbocycles. The van der Waals surface area contributed by atoms with Gasteiger partial charge in [-0.05, 0) is 45.4 Å². The number of nitrogens with zero attached hydrogens (tertiary/aromatic N) is 3. The molecule has 2 heterocycles. The molecule has 1 aliphatic carbocycles. The van der Waals surface area contributed by atoms with Gasteiger partial charge >= 0.3 is 0 Å². The van der Waals surface area contributed by atoms with Crippen molar-refractivity contribution in [1.29, 1.82) is 0 Å². The lowest BCUT2D eigenvalue weighted by Gasteiger charge is -2.33. The molecule has 2 aliphatic rings. The predicted molar refractivity (Wildman–Crippen MR) is 88.0 cm³/mol. The molecule has 1 saturated heterocycles. The summed E-state index contributed by atoms with van der Waals surface area (Å²) < 4.78 is 5.57. The minimum absolute atomic E-state index is 0.309. The topological polar surface area (TPSA) is 55.3 Å². The number of likely N-dealkylation sites (tertiary alicyclic amines) is 1.